The fourth-order valence-corrected chi connectivity index (χ4v) is 3.37. The van der Waals surface area contributed by atoms with E-state index in [0.717, 1.165) is 32.6 Å². The molecule has 126 valence electrons. The Hall–Kier alpha value is -2.13. The van der Waals surface area contributed by atoms with Gasteiger partial charge in [0.2, 0.25) is 5.91 Å². The molecule has 1 unspecified atom stereocenters. The molecule has 1 N–H and O–H groups in total. The van der Waals surface area contributed by atoms with Crippen molar-refractivity contribution in [3.05, 3.63) is 71.8 Å². The molecule has 0 aromatic heterocycles. The third-order valence-corrected chi connectivity index (χ3v) is 4.78. The highest BCUT2D eigenvalue weighted by Crippen LogP contribution is 2.26. The second-order valence-electron chi connectivity index (χ2n) is 6.53. The quantitative estimate of drug-likeness (QED) is 0.849. The number of amides is 1. The number of nitrogens with one attached hydrogen (secondary N) is 1. The molecule has 2 aromatic rings. The summed E-state index contributed by atoms with van der Waals surface area (Å²) in [5.41, 5.74) is 2.69. The molecule has 1 fully saturated rings. The van der Waals surface area contributed by atoms with Crippen molar-refractivity contribution in [1.29, 1.82) is 0 Å². The number of carbonyl (C=O) groups is 1. The smallest absolute Gasteiger partial charge is 0.221 e. The van der Waals surface area contributed by atoms with E-state index in [4.69, 9.17) is 0 Å². The summed E-state index contributed by atoms with van der Waals surface area (Å²) in [6.07, 6.45) is 2.68. The third-order valence-electron chi connectivity index (χ3n) is 4.78. The monoisotopic (exact) mass is 322 g/mol. The van der Waals surface area contributed by atoms with Crippen LogP contribution in [0.4, 0.5) is 0 Å². The van der Waals surface area contributed by atoms with E-state index in [1.54, 1.807) is 0 Å². The van der Waals surface area contributed by atoms with Crippen molar-refractivity contribution in [1.82, 2.24) is 10.2 Å². The second kappa shape index (κ2) is 8.65. The molecule has 3 nitrogen and oxygen atoms in total. The Bertz CT molecular complexity index is 627. The van der Waals surface area contributed by atoms with Crippen LogP contribution in [0.5, 0.6) is 0 Å². The van der Waals surface area contributed by atoms with E-state index in [1.807, 2.05) is 18.2 Å². The highest BCUT2D eigenvalue weighted by atomic mass is 16.1. The lowest BCUT2D eigenvalue weighted by molar-refractivity contribution is -0.121. The molecule has 0 aliphatic carbocycles. The molecule has 0 radical (unpaired) electrons. The number of likely N-dealkylation sites (tertiary alicyclic amines) is 1. The van der Waals surface area contributed by atoms with Gasteiger partial charge in [-0.3, -0.25) is 4.79 Å². The molecule has 24 heavy (non-hydrogen) atoms. The highest BCUT2D eigenvalue weighted by molar-refractivity contribution is 5.76. The van der Waals surface area contributed by atoms with Gasteiger partial charge in [-0.25, -0.2) is 0 Å². The van der Waals surface area contributed by atoms with Crippen LogP contribution in [-0.4, -0.2) is 37.0 Å². The molecule has 1 aliphatic rings. The predicted molar refractivity (Wildman–Crippen MR) is 98.0 cm³/mol. The lowest BCUT2D eigenvalue weighted by Gasteiger charge is -2.16. The minimum atomic E-state index is 0.161. The topological polar surface area (TPSA) is 32.3 Å². The lowest BCUT2D eigenvalue weighted by Crippen LogP contribution is -2.30. The molecular formula is C21H26N2O. The molecule has 3 rings (SSSR count). The maximum atomic E-state index is 12.0. The number of benzene rings is 2. The van der Waals surface area contributed by atoms with E-state index in [-0.39, 0.29) is 5.91 Å². The highest BCUT2D eigenvalue weighted by Gasteiger charge is 2.23. The Morgan fingerprint density at radius 2 is 1.75 bits per heavy atom. The Kier molecular flexibility index (Phi) is 6.02. The number of carbonyl (C=O) groups excluding carboxylic acids is 1. The van der Waals surface area contributed by atoms with Gasteiger partial charge in [0.25, 0.3) is 0 Å². The molecular weight excluding hydrogens is 296 g/mol. The van der Waals surface area contributed by atoms with E-state index in [9.17, 15) is 4.79 Å². The largest absolute Gasteiger partial charge is 0.356 e. The van der Waals surface area contributed by atoms with E-state index >= 15 is 0 Å². The molecule has 1 aliphatic heterocycles. The summed E-state index contributed by atoms with van der Waals surface area (Å²) in [6.45, 7) is 3.74. The zero-order valence-electron chi connectivity index (χ0n) is 14.2. The van der Waals surface area contributed by atoms with E-state index < -0.39 is 0 Å². The van der Waals surface area contributed by atoms with Gasteiger partial charge in [0.05, 0.1) is 0 Å². The summed E-state index contributed by atoms with van der Waals surface area (Å²) in [5.74, 6) is 0.779. The van der Waals surface area contributed by atoms with Crippen molar-refractivity contribution >= 4 is 5.91 Å². The van der Waals surface area contributed by atoms with E-state index in [1.165, 1.54) is 17.5 Å². The zero-order chi connectivity index (χ0) is 16.6. The third kappa shape index (κ3) is 4.93. The first-order valence-electron chi connectivity index (χ1n) is 8.89. The van der Waals surface area contributed by atoms with E-state index in [2.05, 4.69) is 52.7 Å². The number of nitrogens with zero attached hydrogens (tertiary/aromatic N) is 1. The van der Waals surface area contributed by atoms with Crippen molar-refractivity contribution in [3.63, 3.8) is 0 Å². The standard InChI is InChI=1S/C21H26N2O/c24-21(22-14-11-18-7-3-1-4-8-18)13-16-23-15-12-20(17-23)19-9-5-2-6-10-19/h1-10,20H,11-17H2,(H,22,24). The first kappa shape index (κ1) is 16.7. The van der Waals surface area contributed by atoms with Crippen molar-refractivity contribution in [2.24, 2.45) is 0 Å². The maximum absolute atomic E-state index is 12.0. The molecule has 1 amide bonds. The van der Waals surface area contributed by atoms with Crippen LogP contribution in [0.3, 0.4) is 0 Å². The lowest BCUT2D eigenvalue weighted by atomic mass is 9.99. The Balaban J connectivity index is 1.33. The van der Waals surface area contributed by atoms with Gasteiger partial charge in [-0.2, -0.15) is 0 Å². The van der Waals surface area contributed by atoms with Crippen molar-refractivity contribution < 1.29 is 4.79 Å². The fraction of sp³-hybridized carbons (Fsp3) is 0.381. The Morgan fingerprint density at radius 3 is 2.50 bits per heavy atom. The van der Waals surface area contributed by atoms with Gasteiger partial charge >= 0.3 is 0 Å². The number of hydrogen-bond donors (Lipinski definition) is 1. The average molecular weight is 322 g/mol. The molecule has 1 saturated heterocycles. The van der Waals surface area contributed by atoms with Gasteiger partial charge in [0.1, 0.15) is 0 Å². The Labute approximate surface area is 144 Å². The second-order valence-corrected chi connectivity index (χ2v) is 6.53. The number of rotatable bonds is 7. The normalized spacial score (nSPS) is 17.8. The van der Waals surface area contributed by atoms with Crippen LogP contribution in [0, 0.1) is 0 Å². The minimum Gasteiger partial charge on any atom is -0.356 e. The van der Waals surface area contributed by atoms with Crippen LogP contribution < -0.4 is 5.32 Å². The van der Waals surface area contributed by atoms with Crippen molar-refractivity contribution in [2.45, 2.75) is 25.2 Å². The van der Waals surface area contributed by atoms with Gasteiger partial charge in [0.15, 0.2) is 0 Å². The van der Waals surface area contributed by atoms with Crippen LogP contribution in [-0.2, 0) is 11.2 Å². The van der Waals surface area contributed by atoms with E-state index in [0.29, 0.717) is 12.3 Å². The number of hydrogen-bond acceptors (Lipinski definition) is 2. The SMILES string of the molecule is O=C(CCN1CCC(c2ccccc2)C1)NCCc1ccccc1. The van der Waals surface area contributed by atoms with Crippen LogP contribution in [0.15, 0.2) is 60.7 Å². The molecule has 2 aromatic carbocycles. The summed E-state index contributed by atoms with van der Waals surface area (Å²) in [7, 11) is 0. The zero-order valence-corrected chi connectivity index (χ0v) is 14.2. The van der Waals surface area contributed by atoms with Crippen LogP contribution in [0.2, 0.25) is 0 Å². The first-order chi connectivity index (χ1) is 11.8. The maximum Gasteiger partial charge on any atom is 0.221 e. The van der Waals surface area contributed by atoms with Gasteiger partial charge < -0.3 is 10.2 Å². The van der Waals surface area contributed by atoms with Gasteiger partial charge in [-0.05, 0) is 36.4 Å². The van der Waals surface area contributed by atoms with Crippen LogP contribution >= 0.6 is 0 Å². The molecule has 0 saturated carbocycles. The summed E-state index contributed by atoms with van der Waals surface area (Å²) < 4.78 is 0. The molecule has 0 bridgehead atoms. The summed E-state index contributed by atoms with van der Waals surface area (Å²) >= 11 is 0. The first-order valence-corrected chi connectivity index (χ1v) is 8.89. The molecule has 1 heterocycles. The fourth-order valence-electron chi connectivity index (χ4n) is 3.37. The molecule has 0 spiro atoms. The van der Waals surface area contributed by atoms with Crippen molar-refractivity contribution in [3.8, 4) is 0 Å². The predicted octanol–water partition coefficient (Wildman–Crippen LogP) is 3.22. The summed E-state index contributed by atoms with van der Waals surface area (Å²) in [5, 5.41) is 3.03. The van der Waals surface area contributed by atoms with Gasteiger partial charge in [-0.1, -0.05) is 60.7 Å². The summed E-state index contributed by atoms with van der Waals surface area (Å²) in [4.78, 5) is 14.4. The molecule has 3 heteroatoms. The van der Waals surface area contributed by atoms with Crippen LogP contribution in [0.1, 0.15) is 29.9 Å². The van der Waals surface area contributed by atoms with Crippen LogP contribution in [0.25, 0.3) is 0 Å². The Morgan fingerprint density at radius 1 is 1.04 bits per heavy atom. The summed E-state index contributed by atoms with van der Waals surface area (Å²) in [6, 6.07) is 21.0. The minimum absolute atomic E-state index is 0.161. The average Bonchev–Trinajstić information content (AvgIpc) is 3.11. The molecule has 1 atom stereocenters. The van der Waals surface area contributed by atoms with Gasteiger partial charge in [0, 0.05) is 26.1 Å². The van der Waals surface area contributed by atoms with Gasteiger partial charge in [-0.15, -0.1) is 0 Å². The van der Waals surface area contributed by atoms with Crippen molar-refractivity contribution in [2.75, 3.05) is 26.2 Å².